The number of ether oxygens (including phenoxy) is 2. The molecule has 0 unspecified atom stereocenters. The summed E-state index contributed by atoms with van der Waals surface area (Å²) >= 11 is 0. The Bertz CT molecular complexity index is 1390. The molecule has 2 aromatic heterocycles. The first-order valence-corrected chi connectivity index (χ1v) is 10.2. The van der Waals surface area contributed by atoms with Crippen molar-refractivity contribution >= 4 is 17.3 Å². The smallest absolute Gasteiger partial charge is 0.416 e. The minimum Gasteiger partial charge on any atom is -0.471 e. The summed E-state index contributed by atoms with van der Waals surface area (Å²) in [6, 6.07) is 12.7. The largest absolute Gasteiger partial charge is 0.471 e. The molecule has 0 aliphatic carbocycles. The molecule has 1 amide bonds. The lowest BCUT2D eigenvalue weighted by Gasteiger charge is -2.10. The van der Waals surface area contributed by atoms with E-state index in [9.17, 15) is 28.1 Å². The number of carbonyl (C=O) groups is 1. The highest BCUT2D eigenvalue weighted by Gasteiger charge is 2.30. The maximum absolute atomic E-state index is 12.8. The van der Waals surface area contributed by atoms with Crippen molar-refractivity contribution in [3.05, 3.63) is 101 Å². The third-order valence-corrected chi connectivity index (χ3v) is 4.63. The number of aromatic nitrogens is 3. The molecular weight excluding hydrogens is 483 g/mol. The molecule has 0 bridgehead atoms. The number of rotatable bonds is 8. The van der Waals surface area contributed by atoms with Crippen LogP contribution >= 0.6 is 0 Å². The summed E-state index contributed by atoms with van der Waals surface area (Å²) in [4.78, 5) is 27.2. The fraction of sp³-hybridized carbons (Fsp3) is 0.0870. The number of nitrogens with one attached hydrogen (secondary N) is 1. The van der Waals surface area contributed by atoms with Gasteiger partial charge in [-0.15, -0.1) is 0 Å². The van der Waals surface area contributed by atoms with E-state index >= 15 is 0 Å². The van der Waals surface area contributed by atoms with Gasteiger partial charge in [-0.25, -0.2) is 4.68 Å². The molecule has 2 aromatic carbocycles. The highest BCUT2D eigenvalue weighted by atomic mass is 19.4. The van der Waals surface area contributed by atoms with Gasteiger partial charge in [0.1, 0.15) is 17.2 Å². The Balaban J connectivity index is 1.44. The molecule has 0 aliphatic rings. The molecule has 0 radical (unpaired) electrons. The number of halogens is 3. The maximum atomic E-state index is 12.8. The summed E-state index contributed by atoms with van der Waals surface area (Å²) in [5.74, 6) is -0.257. The van der Waals surface area contributed by atoms with E-state index in [-0.39, 0.29) is 35.3 Å². The van der Waals surface area contributed by atoms with Crippen molar-refractivity contribution in [2.75, 3.05) is 5.32 Å². The second-order valence-electron chi connectivity index (χ2n) is 7.26. The van der Waals surface area contributed by atoms with E-state index in [0.717, 1.165) is 18.2 Å². The van der Waals surface area contributed by atoms with Crippen molar-refractivity contribution < 1.29 is 32.4 Å². The molecule has 184 valence electrons. The number of anilines is 1. The van der Waals surface area contributed by atoms with E-state index < -0.39 is 22.6 Å². The van der Waals surface area contributed by atoms with Gasteiger partial charge in [-0.1, -0.05) is 6.07 Å². The van der Waals surface area contributed by atoms with Gasteiger partial charge in [0.05, 0.1) is 28.4 Å². The molecule has 0 spiro atoms. The molecule has 0 aliphatic heterocycles. The Morgan fingerprint density at radius 3 is 2.58 bits per heavy atom. The fourth-order valence-corrected chi connectivity index (χ4v) is 3.02. The Morgan fingerprint density at radius 1 is 1.06 bits per heavy atom. The van der Waals surface area contributed by atoms with Gasteiger partial charge in [0.2, 0.25) is 0 Å². The summed E-state index contributed by atoms with van der Waals surface area (Å²) in [7, 11) is 0. The quantitative estimate of drug-likeness (QED) is 0.258. The number of hydrogen-bond acceptors (Lipinski definition) is 7. The number of nitro benzene ring substituents is 1. The molecule has 1 N–H and O–H groups in total. The summed E-state index contributed by atoms with van der Waals surface area (Å²) < 4.78 is 50.6. The normalized spacial score (nSPS) is 11.1. The standard InChI is InChI=1S/C23H16F3N5O5/c24-23(25,26)15-3-1-4-18(9-15)35-14-30-8-6-21(29-30)22(32)28-16-10-17(31(33)34)12-20(11-16)36-19-5-2-7-27-13-19/h1-13H,14H2,(H,28,32). The fourth-order valence-electron chi connectivity index (χ4n) is 3.02. The first-order chi connectivity index (χ1) is 17.2. The summed E-state index contributed by atoms with van der Waals surface area (Å²) in [5, 5.41) is 17.8. The minimum absolute atomic E-state index is 0.0240. The lowest BCUT2D eigenvalue weighted by Crippen LogP contribution is -2.14. The van der Waals surface area contributed by atoms with Crippen LogP contribution in [0.3, 0.4) is 0 Å². The van der Waals surface area contributed by atoms with Crippen LogP contribution in [0, 0.1) is 10.1 Å². The molecule has 0 fully saturated rings. The monoisotopic (exact) mass is 499 g/mol. The molecule has 4 rings (SSSR count). The first kappa shape index (κ1) is 24.2. The second-order valence-corrected chi connectivity index (χ2v) is 7.26. The topological polar surface area (TPSA) is 121 Å². The molecule has 36 heavy (non-hydrogen) atoms. The van der Waals surface area contributed by atoms with E-state index in [1.165, 1.54) is 53.6 Å². The van der Waals surface area contributed by atoms with Crippen LogP contribution in [0.4, 0.5) is 24.5 Å². The average molecular weight is 499 g/mol. The van der Waals surface area contributed by atoms with Gasteiger partial charge in [0.25, 0.3) is 11.6 Å². The van der Waals surface area contributed by atoms with Crippen LogP contribution in [0.1, 0.15) is 16.1 Å². The number of pyridine rings is 1. The van der Waals surface area contributed by atoms with Crippen LogP contribution in [-0.4, -0.2) is 25.6 Å². The number of alkyl halides is 3. The van der Waals surface area contributed by atoms with Gasteiger partial charge in [0.15, 0.2) is 12.4 Å². The SMILES string of the molecule is O=C(Nc1cc(Oc2cccnc2)cc([N+](=O)[O-])c1)c1ccn(COc2cccc(C(F)(F)F)c2)n1. The van der Waals surface area contributed by atoms with E-state index in [4.69, 9.17) is 9.47 Å². The molecule has 2 heterocycles. The molecule has 0 saturated heterocycles. The number of hydrogen-bond donors (Lipinski definition) is 1. The van der Waals surface area contributed by atoms with Crippen LogP contribution in [0.2, 0.25) is 0 Å². The molecular formula is C23H16F3N5O5. The Kier molecular flexibility index (Phi) is 6.81. The van der Waals surface area contributed by atoms with Crippen molar-refractivity contribution in [2.45, 2.75) is 12.9 Å². The zero-order chi connectivity index (χ0) is 25.7. The predicted molar refractivity (Wildman–Crippen MR) is 120 cm³/mol. The Morgan fingerprint density at radius 2 is 1.86 bits per heavy atom. The van der Waals surface area contributed by atoms with Crippen LogP contribution in [-0.2, 0) is 12.9 Å². The zero-order valence-electron chi connectivity index (χ0n) is 18.2. The van der Waals surface area contributed by atoms with Crippen molar-refractivity contribution in [1.29, 1.82) is 0 Å². The van der Waals surface area contributed by atoms with Crippen molar-refractivity contribution in [1.82, 2.24) is 14.8 Å². The van der Waals surface area contributed by atoms with E-state index in [1.54, 1.807) is 12.1 Å². The Hall–Kier alpha value is -4.94. The number of amides is 1. The predicted octanol–water partition coefficient (Wildman–Crippen LogP) is 5.29. The van der Waals surface area contributed by atoms with Gasteiger partial charge in [-0.2, -0.15) is 18.3 Å². The molecule has 13 heteroatoms. The van der Waals surface area contributed by atoms with E-state index in [0.29, 0.717) is 5.75 Å². The summed E-state index contributed by atoms with van der Waals surface area (Å²) in [6.45, 7) is -0.255. The van der Waals surface area contributed by atoms with Gasteiger partial charge in [-0.3, -0.25) is 19.9 Å². The number of non-ortho nitro benzene ring substituents is 1. The number of nitro groups is 1. The van der Waals surface area contributed by atoms with Crippen LogP contribution in [0.15, 0.2) is 79.3 Å². The van der Waals surface area contributed by atoms with Crippen LogP contribution in [0.5, 0.6) is 17.2 Å². The molecule has 4 aromatic rings. The molecule has 10 nitrogen and oxygen atoms in total. The minimum atomic E-state index is -4.51. The Labute approximate surface area is 201 Å². The highest BCUT2D eigenvalue weighted by Crippen LogP contribution is 2.32. The molecule has 0 saturated carbocycles. The van der Waals surface area contributed by atoms with Crippen LogP contribution < -0.4 is 14.8 Å². The van der Waals surface area contributed by atoms with Gasteiger partial charge < -0.3 is 14.8 Å². The van der Waals surface area contributed by atoms with Crippen molar-refractivity contribution in [2.24, 2.45) is 0 Å². The van der Waals surface area contributed by atoms with Crippen molar-refractivity contribution in [3.8, 4) is 17.2 Å². The third-order valence-electron chi connectivity index (χ3n) is 4.63. The lowest BCUT2D eigenvalue weighted by molar-refractivity contribution is -0.384. The van der Waals surface area contributed by atoms with E-state index in [2.05, 4.69) is 15.4 Å². The van der Waals surface area contributed by atoms with Gasteiger partial charge in [-0.05, 0) is 36.4 Å². The van der Waals surface area contributed by atoms with Crippen molar-refractivity contribution in [3.63, 3.8) is 0 Å². The number of benzene rings is 2. The average Bonchev–Trinajstić information content (AvgIpc) is 3.32. The first-order valence-electron chi connectivity index (χ1n) is 10.2. The zero-order valence-corrected chi connectivity index (χ0v) is 18.2. The second kappa shape index (κ2) is 10.1. The van der Waals surface area contributed by atoms with Crippen LogP contribution in [0.25, 0.3) is 0 Å². The summed E-state index contributed by atoms with van der Waals surface area (Å²) in [5.41, 5.74) is -1.14. The van der Waals surface area contributed by atoms with Gasteiger partial charge >= 0.3 is 6.18 Å². The highest BCUT2D eigenvalue weighted by molar-refractivity contribution is 6.03. The summed E-state index contributed by atoms with van der Waals surface area (Å²) in [6.07, 6.45) is -0.153. The maximum Gasteiger partial charge on any atom is 0.416 e. The number of carbonyl (C=O) groups excluding carboxylic acids is 1. The van der Waals surface area contributed by atoms with E-state index in [1.807, 2.05) is 0 Å². The van der Waals surface area contributed by atoms with Gasteiger partial charge in [0, 0.05) is 24.5 Å². The lowest BCUT2D eigenvalue weighted by atomic mass is 10.2. The molecule has 0 atom stereocenters. The number of nitrogens with zero attached hydrogens (tertiary/aromatic N) is 4. The third kappa shape index (κ3) is 6.14.